The number of hydrogen-bond acceptors (Lipinski definition) is 8. The van der Waals surface area contributed by atoms with Crippen molar-refractivity contribution in [2.24, 2.45) is 5.10 Å². The lowest BCUT2D eigenvalue weighted by molar-refractivity contribution is -0.385. The normalized spacial score (nSPS) is 12.6. The predicted octanol–water partition coefficient (Wildman–Crippen LogP) is 3.64. The minimum Gasteiger partial charge on any atom is -0.490 e. The number of nitro benzene ring substituents is 1. The van der Waals surface area contributed by atoms with Crippen molar-refractivity contribution in [1.29, 1.82) is 0 Å². The molecule has 0 unspecified atom stereocenters. The van der Waals surface area contributed by atoms with Crippen LogP contribution < -0.4 is 25.0 Å². The van der Waals surface area contributed by atoms with Crippen molar-refractivity contribution in [3.05, 3.63) is 99.2 Å². The topological polar surface area (TPSA) is 141 Å². The Hall–Kier alpha value is -5.19. The average molecular weight is 502 g/mol. The molecule has 2 amide bonds. The minimum atomic E-state index is -0.704. The van der Waals surface area contributed by atoms with E-state index in [1.807, 2.05) is 0 Å². The van der Waals surface area contributed by atoms with Crippen molar-refractivity contribution in [3.63, 3.8) is 0 Å². The number of rotatable bonds is 8. The standard InChI is InChI=1S/C26H22N4O7/c1-16(19-9-11-22(35-2)21(14-19)30(33)34)28-29-26(32)20(27-25(31)18-6-4-3-5-7-18)12-17-8-10-23-24(13-17)37-15-36-23/h3-14H,15H2,1-2H3,(H,27,31)(H,29,32)/b20-12+,28-16-. The molecule has 0 fully saturated rings. The Balaban J connectivity index is 1.60. The zero-order chi connectivity index (χ0) is 26.4. The van der Waals surface area contributed by atoms with Gasteiger partial charge in [-0.25, -0.2) is 5.43 Å². The number of nitrogens with one attached hydrogen (secondary N) is 2. The van der Waals surface area contributed by atoms with Gasteiger partial charge < -0.3 is 19.5 Å². The van der Waals surface area contributed by atoms with E-state index in [1.54, 1.807) is 61.5 Å². The molecule has 3 aromatic rings. The van der Waals surface area contributed by atoms with Crippen LogP contribution in [0.4, 0.5) is 5.69 Å². The fourth-order valence-electron chi connectivity index (χ4n) is 3.43. The van der Waals surface area contributed by atoms with Gasteiger partial charge in [0.25, 0.3) is 11.8 Å². The summed E-state index contributed by atoms with van der Waals surface area (Å²) in [7, 11) is 1.33. The lowest BCUT2D eigenvalue weighted by Gasteiger charge is -2.10. The molecule has 1 aliphatic rings. The maximum atomic E-state index is 13.1. The number of ether oxygens (including phenoxy) is 3. The van der Waals surface area contributed by atoms with E-state index in [0.29, 0.717) is 33.9 Å². The molecule has 0 saturated heterocycles. The second kappa shape index (κ2) is 11.0. The fourth-order valence-corrected chi connectivity index (χ4v) is 3.43. The molecule has 4 rings (SSSR count). The highest BCUT2D eigenvalue weighted by Crippen LogP contribution is 2.33. The van der Waals surface area contributed by atoms with Crippen LogP contribution in [-0.4, -0.2) is 36.4 Å². The average Bonchev–Trinajstić information content (AvgIpc) is 3.39. The third kappa shape index (κ3) is 5.90. The molecule has 3 aromatic carbocycles. The highest BCUT2D eigenvalue weighted by atomic mass is 16.7. The molecule has 0 radical (unpaired) electrons. The number of hydrogen-bond donors (Lipinski definition) is 2. The van der Waals surface area contributed by atoms with Crippen LogP contribution in [0.1, 0.15) is 28.4 Å². The monoisotopic (exact) mass is 502 g/mol. The van der Waals surface area contributed by atoms with Crippen LogP contribution in [0.15, 0.2) is 77.5 Å². The molecular weight excluding hydrogens is 480 g/mol. The smallest absolute Gasteiger partial charge is 0.311 e. The van der Waals surface area contributed by atoms with Gasteiger partial charge in [0.2, 0.25) is 6.79 Å². The van der Waals surface area contributed by atoms with E-state index in [2.05, 4.69) is 15.8 Å². The first-order valence-electron chi connectivity index (χ1n) is 11.0. The maximum absolute atomic E-state index is 13.1. The van der Waals surface area contributed by atoms with Crippen molar-refractivity contribution in [3.8, 4) is 17.2 Å². The summed E-state index contributed by atoms with van der Waals surface area (Å²) in [5, 5.41) is 18.0. The maximum Gasteiger partial charge on any atom is 0.311 e. The Morgan fingerprint density at radius 1 is 1.03 bits per heavy atom. The van der Waals surface area contributed by atoms with E-state index in [0.717, 1.165) is 0 Å². The zero-order valence-electron chi connectivity index (χ0n) is 19.9. The van der Waals surface area contributed by atoms with Gasteiger partial charge in [0.1, 0.15) is 5.70 Å². The van der Waals surface area contributed by atoms with Gasteiger partial charge >= 0.3 is 5.69 Å². The molecule has 11 nitrogen and oxygen atoms in total. The van der Waals surface area contributed by atoms with Crippen LogP contribution >= 0.6 is 0 Å². The summed E-state index contributed by atoms with van der Waals surface area (Å²) < 4.78 is 15.7. The molecule has 11 heteroatoms. The number of carbonyl (C=O) groups excluding carboxylic acids is 2. The SMILES string of the molecule is COc1ccc(/C(C)=N\NC(=O)/C(=C\c2ccc3c(c2)OCO3)NC(=O)c2ccccc2)cc1[N+](=O)[O-]. The van der Waals surface area contributed by atoms with Gasteiger partial charge in [0, 0.05) is 17.2 Å². The summed E-state index contributed by atoms with van der Waals surface area (Å²) in [6, 6.07) is 17.8. The Kier molecular flexibility index (Phi) is 7.43. The van der Waals surface area contributed by atoms with E-state index in [1.165, 1.54) is 25.3 Å². The molecule has 0 spiro atoms. The Labute approximate surface area is 211 Å². The van der Waals surface area contributed by atoms with Crippen LogP contribution in [0, 0.1) is 10.1 Å². The molecule has 0 atom stereocenters. The van der Waals surface area contributed by atoms with E-state index in [-0.39, 0.29) is 23.9 Å². The number of fused-ring (bicyclic) bond motifs is 1. The van der Waals surface area contributed by atoms with Crippen LogP contribution in [0.5, 0.6) is 17.2 Å². The molecule has 0 saturated carbocycles. The van der Waals surface area contributed by atoms with Crippen molar-refractivity contribution >= 4 is 29.3 Å². The number of nitro groups is 1. The Morgan fingerprint density at radius 2 is 1.78 bits per heavy atom. The second-order valence-electron chi connectivity index (χ2n) is 7.77. The summed E-state index contributed by atoms with van der Waals surface area (Å²) in [4.78, 5) is 36.6. The number of nitrogens with zero attached hydrogens (tertiary/aromatic N) is 2. The van der Waals surface area contributed by atoms with E-state index in [9.17, 15) is 19.7 Å². The van der Waals surface area contributed by atoms with Crippen molar-refractivity contribution < 1.29 is 28.7 Å². The summed E-state index contributed by atoms with van der Waals surface area (Å²) in [6.07, 6.45) is 1.47. The number of methoxy groups -OCH3 is 1. The molecule has 37 heavy (non-hydrogen) atoms. The lowest BCUT2D eigenvalue weighted by Crippen LogP contribution is -2.33. The van der Waals surface area contributed by atoms with Crippen molar-refractivity contribution in [2.75, 3.05) is 13.9 Å². The molecule has 188 valence electrons. The third-order valence-electron chi connectivity index (χ3n) is 5.35. The minimum absolute atomic E-state index is 0.0787. The quantitative estimate of drug-likeness (QED) is 0.207. The van der Waals surface area contributed by atoms with Gasteiger partial charge in [0.05, 0.1) is 17.7 Å². The van der Waals surface area contributed by atoms with Gasteiger partial charge in [-0.05, 0) is 55.0 Å². The molecule has 0 aliphatic carbocycles. The molecule has 1 heterocycles. The molecule has 1 aliphatic heterocycles. The van der Waals surface area contributed by atoms with Crippen LogP contribution in [0.3, 0.4) is 0 Å². The van der Waals surface area contributed by atoms with Gasteiger partial charge in [-0.1, -0.05) is 24.3 Å². The van der Waals surface area contributed by atoms with Crippen molar-refractivity contribution in [1.82, 2.24) is 10.7 Å². The molecular formula is C26H22N4O7. The highest BCUT2D eigenvalue weighted by molar-refractivity contribution is 6.06. The summed E-state index contributed by atoms with van der Waals surface area (Å²) in [5.41, 5.74) is 3.72. The number of hydrazone groups is 1. The first-order chi connectivity index (χ1) is 17.9. The van der Waals surface area contributed by atoms with Gasteiger partial charge in [-0.15, -0.1) is 0 Å². The number of carbonyl (C=O) groups is 2. The second-order valence-corrected chi connectivity index (χ2v) is 7.77. The van der Waals surface area contributed by atoms with Crippen molar-refractivity contribution in [2.45, 2.75) is 6.92 Å². The van der Waals surface area contributed by atoms with E-state index >= 15 is 0 Å². The number of benzene rings is 3. The van der Waals surface area contributed by atoms with Crippen LogP contribution in [0.25, 0.3) is 6.08 Å². The summed E-state index contributed by atoms with van der Waals surface area (Å²) in [6.45, 7) is 1.67. The lowest BCUT2D eigenvalue weighted by atomic mass is 10.1. The number of amides is 2. The van der Waals surface area contributed by atoms with E-state index < -0.39 is 16.7 Å². The fraction of sp³-hybridized carbons (Fsp3) is 0.115. The van der Waals surface area contributed by atoms with Crippen LogP contribution in [-0.2, 0) is 4.79 Å². The Morgan fingerprint density at radius 3 is 2.51 bits per heavy atom. The predicted molar refractivity (Wildman–Crippen MR) is 134 cm³/mol. The largest absolute Gasteiger partial charge is 0.490 e. The first-order valence-corrected chi connectivity index (χ1v) is 11.0. The van der Waals surface area contributed by atoms with Gasteiger partial charge in [-0.3, -0.25) is 19.7 Å². The molecule has 0 aromatic heterocycles. The zero-order valence-corrected chi connectivity index (χ0v) is 19.9. The summed E-state index contributed by atoms with van der Waals surface area (Å²) >= 11 is 0. The molecule has 2 N–H and O–H groups in total. The summed E-state index contributed by atoms with van der Waals surface area (Å²) in [5.74, 6) is -0.00942. The Bertz CT molecular complexity index is 1420. The van der Waals surface area contributed by atoms with Crippen LogP contribution in [0.2, 0.25) is 0 Å². The first kappa shape index (κ1) is 24.9. The van der Waals surface area contributed by atoms with Gasteiger partial charge in [0.15, 0.2) is 17.2 Å². The highest BCUT2D eigenvalue weighted by Gasteiger charge is 2.18. The molecule has 0 bridgehead atoms. The van der Waals surface area contributed by atoms with E-state index in [4.69, 9.17) is 14.2 Å². The van der Waals surface area contributed by atoms with Gasteiger partial charge in [-0.2, -0.15) is 5.10 Å². The third-order valence-corrected chi connectivity index (χ3v) is 5.35.